The van der Waals surface area contributed by atoms with Gasteiger partial charge >= 0.3 is 0 Å². The Labute approximate surface area is 213 Å². The number of para-hydroxylation sites is 2. The fraction of sp³-hybridized carbons (Fsp3) is 0.0800. The molecule has 0 saturated carbocycles. The van der Waals surface area contributed by atoms with Gasteiger partial charge in [0.2, 0.25) is 5.91 Å². The number of rotatable bonds is 8. The van der Waals surface area contributed by atoms with Crippen molar-refractivity contribution in [3.63, 3.8) is 0 Å². The molecule has 5 rings (SSSR count). The third kappa shape index (κ3) is 5.42. The van der Waals surface area contributed by atoms with E-state index in [1.165, 1.54) is 47.4 Å². The minimum atomic E-state index is -0.488. The van der Waals surface area contributed by atoms with Crippen molar-refractivity contribution in [2.24, 2.45) is 0 Å². The van der Waals surface area contributed by atoms with Crippen LogP contribution in [0.3, 0.4) is 0 Å². The molecule has 0 spiro atoms. The van der Waals surface area contributed by atoms with Crippen LogP contribution in [0.15, 0.2) is 84.0 Å². The summed E-state index contributed by atoms with van der Waals surface area (Å²) in [6.45, 7) is 0.0652. The maximum atomic E-state index is 13.5. The summed E-state index contributed by atoms with van der Waals surface area (Å²) in [7, 11) is 0. The number of aromatic nitrogens is 4. The van der Waals surface area contributed by atoms with Crippen molar-refractivity contribution in [2.45, 2.75) is 11.7 Å². The number of fused-ring (bicyclic) bond motifs is 1. The van der Waals surface area contributed by atoms with E-state index in [-0.39, 0.29) is 23.8 Å². The molecule has 2 heterocycles. The van der Waals surface area contributed by atoms with E-state index in [1.807, 2.05) is 54.6 Å². The van der Waals surface area contributed by atoms with E-state index < -0.39 is 11.7 Å². The van der Waals surface area contributed by atoms with E-state index in [9.17, 15) is 14.0 Å². The second-order valence-electron chi connectivity index (χ2n) is 7.59. The molecule has 0 aliphatic rings. The van der Waals surface area contributed by atoms with Crippen LogP contribution in [0.25, 0.3) is 15.9 Å². The molecule has 0 aliphatic heterocycles. The molecule has 180 valence electrons. The first kappa shape index (κ1) is 23.6. The Kier molecular flexibility index (Phi) is 7.01. The SMILES string of the molecule is O=C(CSc1nnc(CNC(=O)c2cccc(F)c2)n1-c1ccccc1)Nc1nc2ccccc2s1. The van der Waals surface area contributed by atoms with Gasteiger partial charge in [0.05, 0.1) is 22.5 Å². The molecule has 0 unspecified atom stereocenters. The predicted octanol–water partition coefficient (Wildman–Crippen LogP) is 4.68. The molecular weight excluding hydrogens is 499 g/mol. The molecule has 2 aromatic heterocycles. The second kappa shape index (κ2) is 10.7. The maximum Gasteiger partial charge on any atom is 0.251 e. The Bertz CT molecular complexity index is 1500. The largest absolute Gasteiger partial charge is 0.345 e. The number of nitrogens with zero attached hydrogens (tertiary/aromatic N) is 4. The highest BCUT2D eigenvalue weighted by molar-refractivity contribution is 7.99. The number of carbonyl (C=O) groups excluding carboxylic acids is 2. The third-order valence-electron chi connectivity index (χ3n) is 5.08. The van der Waals surface area contributed by atoms with Crippen LogP contribution in [0.5, 0.6) is 0 Å². The zero-order valence-corrected chi connectivity index (χ0v) is 20.4. The van der Waals surface area contributed by atoms with E-state index in [2.05, 4.69) is 25.8 Å². The Hall–Kier alpha value is -4.09. The van der Waals surface area contributed by atoms with Gasteiger partial charge in [-0.3, -0.25) is 14.2 Å². The molecule has 3 aromatic carbocycles. The summed E-state index contributed by atoms with van der Waals surface area (Å²) >= 11 is 2.63. The Morgan fingerprint density at radius 2 is 1.78 bits per heavy atom. The summed E-state index contributed by atoms with van der Waals surface area (Å²) in [6, 6.07) is 22.5. The average Bonchev–Trinajstić information content (AvgIpc) is 3.49. The minimum Gasteiger partial charge on any atom is -0.345 e. The van der Waals surface area contributed by atoms with Crippen molar-refractivity contribution in [2.75, 3.05) is 11.1 Å². The topological polar surface area (TPSA) is 102 Å². The first-order valence-electron chi connectivity index (χ1n) is 10.9. The molecule has 5 aromatic rings. The van der Waals surface area contributed by atoms with Gasteiger partial charge < -0.3 is 10.6 Å². The summed E-state index contributed by atoms with van der Waals surface area (Å²) in [5.74, 6) is -0.571. The standard InChI is InChI=1S/C25H19FN6O2S2/c26-17-8-6-7-16(13-17)23(34)27-14-21-30-31-25(32(21)18-9-2-1-3-10-18)35-15-22(33)29-24-28-19-11-4-5-12-20(19)36-24/h1-13H,14-15H2,(H,27,34)(H,28,29,33). The van der Waals surface area contributed by atoms with E-state index in [0.29, 0.717) is 16.1 Å². The predicted molar refractivity (Wildman–Crippen MR) is 138 cm³/mol. The molecule has 36 heavy (non-hydrogen) atoms. The van der Waals surface area contributed by atoms with E-state index in [1.54, 1.807) is 4.57 Å². The Balaban J connectivity index is 1.29. The third-order valence-corrected chi connectivity index (χ3v) is 6.96. The molecule has 0 radical (unpaired) electrons. The summed E-state index contributed by atoms with van der Waals surface area (Å²) < 4.78 is 16.2. The normalized spacial score (nSPS) is 10.9. The molecule has 0 aliphatic carbocycles. The van der Waals surface area contributed by atoms with Gasteiger partial charge in [0, 0.05) is 11.3 Å². The van der Waals surface area contributed by atoms with Gasteiger partial charge in [-0.2, -0.15) is 0 Å². The fourth-order valence-electron chi connectivity index (χ4n) is 3.45. The van der Waals surface area contributed by atoms with E-state index in [4.69, 9.17) is 0 Å². The first-order chi connectivity index (χ1) is 17.6. The highest BCUT2D eigenvalue weighted by Gasteiger charge is 2.17. The molecule has 2 N–H and O–H groups in total. The lowest BCUT2D eigenvalue weighted by Crippen LogP contribution is -2.24. The van der Waals surface area contributed by atoms with Crippen LogP contribution in [-0.2, 0) is 11.3 Å². The lowest BCUT2D eigenvalue weighted by molar-refractivity contribution is -0.113. The number of amides is 2. The van der Waals surface area contributed by atoms with Crippen LogP contribution in [-0.4, -0.2) is 37.3 Å². The number of nitrogens with one attached hydrogen (secondary N) is 2. The van der Waals surface area contributed by atoms with Gasteiger partial charge in [-0.1, -0.05) is 59.5 Å². The molecule has 0 bridgehead atoms. The molecule has 8 nitrogen and oxygen atoms in total. The molecule has 2 amide bonds. The minimum absolute atomic E-state index is 0.0652. The van der Waals surface area contributed by atoms with Gasteiger partial charge in [-0.25, -0.2) is 9.37 Å². The van der Waals surface area contributed by atoms with Crippen molar-refractivity contribution in [3.8, 4) is 5.69 Å². The smallest absolute Gasteiger partial charge is 0.251 e. The zero-order valence-electron chi connectivity index (χ0n) is 18.7. The van der Waals surface area contributed by atoms with Crippen molar-refractivity contribution in [1.29, 1.82) is 0 Å². The Morgan fingerprint density at radius 1 is 0.972 bits per heavy atom. The van der Waals surface area contributed by atoms with Crippen LogP contribution >= 0.6 is 23.1 Å². The summed E-state index contributed by atoms with van der Waals surface area (Å²) in [5, 5.41) is 15.1. The van der Waals surface area contributed by atoms with Crippen LogP contribution in [0.2, 0.25) is 0 Å². The maximum absolute atomic E-state index is 13.5. The van der Waals surface area contributed by atoms with Gasteiger partial charge in [-0.05, 0) is 42.5 Å². The summed E-state index contributed by atoms with van der Waals surface area (Å²) in [6.07, 6.45) is 0. The Morgan fingerprint density at radius 3 is 2.58 bits per heavy atom. The number of halogens is 1. The van der Waals surface area contributed by atoms with Crippen LogP contribution in [0.4, 0.5) is 9.52 Å². The molecule has 0 saturated heterocycles. The fourth-order valence-corrected chi connectivity index (χ4v) is 5.10. The van der Waals surface area contributed by atoms with E-state index in [0.717, 1.165) is 15.9 Å². The summed E-state index contributed by atoms with van der Waals surface area (Å²) in [5.41, 5.74) is 1.83. The van der Waals surface area contributed by atoms with E-state index >= 15 is 0 Å². The molecule has 0 fully saturated rings. The van der Waals surface area contributed by atoms with Gasteiger partial charge in [0.15, 0.2) is 16.1 Å². The van der Waals surface area contributed by atoms with Crippen LogP contribution in [0.1, 0.15) is 16.2 Å². The molecule has 0 atom stereocenters. The van der Waals surface area contributed by atoms with Gasteiger partial charge in [0.25, 0.3) is 5.91 Å². The molecule has 11 heteroatoms. The number of benzene rings is 3. The number of anilines is 1. The van der Waals surface area contributed by atoms with Crippen LogP contribution < -0.4 is 10.6 Å². The summed E-state index contributed by atoms with van der Waals surface area (Å²) in [4.78, 5) is 29.5. The van der Waals surface area contributed by atoms with Gasteiger partial charge in [-0.15, -0.1) is 10.2 Å². The number of thiazole rings is 1. The lowest BCUT2D eigenvalue weighted by Gasteiger charge is -2.11. The lowest BCUT2D eigenvalue weighted by atomic mass is 10.2. The monoisotopic (exact) mass is 518 g/mol. The highest BCUT2D eigenvalue weighted by atomic mass is 32.2. The van der Waals surface area contributed by atoms with Crippen LogP contribution in [0, 0.1) is 5.82 Å². The van der Waals surface area contributed by atoms with Gasteiger partial charge in [0.1, 0.15) is 5.82 Å². The average molecular weight is 519 g/mol. The molecular formula is C25H19FN6O2S2. The zero-order chi connectivity index (χ0) is 24.9. The second-order valence-corrected chi connectivity index (χ2v) is 9.56. The number of thioether (sulfide) groups is 1. The number of hydrogen-bond donors (Lipinski definition) is 2. The van der Waals surface area contributed by atoms with Crippen molar-refractivity contribution < 1.29 is 14.0 Å². The number of carbonyl (C=O) groups is 2. The quantitative estimate of drug-likeness (QED) is 0.289. The highest BCUT2D eigenvalue weighted by Crippen LogP contribution is 2.26. The first-order valence-corrected chi connectivity index (χ1v) is 12.7. The van der Waals surface area contributed by atoms with Crippen molar-refractivity contribution in [1.82, 2.24) is 25.1 Å². The number of hydrogen-bond acceptors (Lipinski definition) is 7. The van der Waals surface area contributed by atoms with Crippen molar-refractivity contribution >= 4 is 50.3 Å². The van der Waals surface area contributed by atoms with Crippen molar-refractivity contribution in [3.05, 3.63) is 96.1 Å².